The van der Waals surface area contributed by atoms with E-state index < -0.39 is 5.56 Å². The van der Waals surface area contributed by atoms with Gasteiger partial charge in [-0.15, -0.1) is 0 Å². The van der Waals surface area contributed by atoms with Crippen LogP contribution in [-0.2, 0) is 0 Å². The van der Waals surface area contributed by atoms with Gasteiger partial charge in [0.1, 0.15) is 5.75 Å². The molecule has 2 aromatic rings. The van der Waals surface area contributed by atoms with Crippen LogP contribution in [-0.4, -0.2) is 23.3 Å². The van der Waals surface area contributed by atoms with Crippen molar-refractivity contribution >= 4 is 10.9 Å². The summed E-state index contributed by atoms with van der Waals surface area (Å²) in [6.07, 6.45) is 9.15. The third kappa shape index (κ3) is 5.68. The first kappa shape index (κ1) is 20.1. The Balaban J connectivity index is 2.01. The fraction of sp³-hybridized carbons (Fsp3) is 0.571. The van der Waals surface area contributed by atoms with Crippen molar-refractivity contribution in [1.29, 1.82) is 0 Å². The number of aromatic amines is 1. The molecule has 5 nitrogen and oxygen atoms in total. The summed E-state index contributed by atoms with van der Waals surface area (Å²) in [6.45, 7) is 5.42. The van der Waals surface area contributed by atoms with Crippen LogP contribution in [0.15, 0.2) is 23.0 Å². The number of aromatic hydroxyl groups is 1. The van der Waals surface area contributed by atoms with Crippen molar-refractivity contribution in [2.45, 2.75) is 65.2 Å². The van der Waals surface area contributed by atoms with Crippen LogP contribution < -0.4 is 15.0 Å². The third-order valence-electron chi connectivity index (χ3n) is 4.42. The number of hydrogen-bond acceptors (Lipinski definition) is 4. The Bertz CT molecular complexity index is 739. The highest BCUT2D eigenvalue weighted by molar-refractivity contribution is 5.88. The van der Waals surface area contributed by atoms with Crippen LogP contribution in [0, 0.1) is 0 Å². The third-order valence-corrected chi connectivity index (χ3v) is 4.42. The smallest absolute Gasteiger partial charge is 0.294 e. The number of ether oxygens (including phenoxy) is 2. The molecule has 0 radical (unpaired) electrons. The predicted octanol–water partition coefficient (Wildman–Crippen LogP) is 5.15. The Kier molecular flexibility index (Phi) is 8.32. The standard InChI is InChI=1S/C21H31NO4/c1-3-5-7-8-9-10-14-25-16-11-12-17-18(15-16)22-21(24)19(23)20(17)26-13-6-4-2/h11-12,15,23H,3-10,13-14H2,1-2H3,(H,22,24). The molecule has 0 unspecified atom stereocenters. The maximum atomic E-state index is 12.0. The van der Waals surface area contributed by atoms with Crippen LogP contribution >= 0.6 is 0 Å². The normalized spacial score (nSPS) is 11.0. The van der Waals surface area contributed by atoms with Gasteiger partial charge in [-0.2, -0.15) is 0 Å². The highest BCUT2D eigenvalue weighted by Crippen LogP contribution is 2.32. The van der Waals surface area contributed by atoms with E-state index in [1.165, 1.54) is 32.1 Å². The molecule has 5 heteroatoms. The number of rotatable bonds is 12. The van der Waals surface area contributed by atoms with Crippen molar-refractivity contribution in [3.05, 3.63) is 28.6 Å². The zero-order valence-corrected chi connectivity index (χ0v) is 16.0. The zero-order valence-electron chi connectivity index (χ0n) is 16.0. The maximum absolute atomic E-state index is 12.0. The van der Waals surface area contributed by atoms with Crippen LogP contribution in [0.3, 0.4) is 0 Å². The van der Waals surface area contributed by atoms with Gasteiger partial charge in [0.15, 0.2) is 5.75 Å². The van der Waals surface area contributed by atoms with E-state index in [0.717, 1.165) is 19.3 Å². The Morgan fingerprint density at radius 1 is 0.923 bits per heavy atom. The number of nitrogens with one attached hydrogen (secondary N) is 1. The molecule has 0 amide bonds. The largest absolute Gasteiger partial charge is 0.500 e. The van der Waals surface area contributed by atoms with E-state index >= 15 is 0 Å². The summed E-state index contributed by atoms with van der Waals surface area (Å²) in [4.78, 5) is 14.6. The fourth-order valence-electron chi connectivity index (χ4n) is 2.86. The van der Waals surface area contributed by atoms with E-state index in [1.807, 2.05) is 12.1 Å². The monoisotopic (exact) mass is 361 g/mol. The number of aromatic nitrogens is 1. The fourth-order valence-corrected chi connectivity index (χ4v) is 2.86. The van der Waals surface area contributed by atoms with Gasteiger partial charge < -0.3 is 19.6 Å². The number of H-pyrrole nitrogens is 1. The van der Waals surface area contributed by atoms with Gasteiger partial charge in [0.25, 0.3) is 5.56 Å². The molecule has 0 aliphatic rings. The summed E-state index contributed by atoms with van der Waals surface area (Å²) >= 11 is 0. The van der Waals surface area contributed by atoms with Crippen LogP contribution in [0.1, 0.15) is 65.2 Å². The van der Waals surface area contributed by atoms with Gasteiger partial charge in [0, 0.05) is 11.5 Å². The molecule has 0 aliphatic heterocycles. The molecule has 1 heterocycles. The lowest BCUT2D eigenvalue weighted by molar-refractivity contribution is 0.294. The van der Waals surface area contributed by atoms with Crippen LogP contribution in [0.4, 0.5) is 0 Å². The van der Waals surface area contributed by atoms with Gasteiger partial charge in [0.2, 0.25) is 5.75 Å². The Hall–Kier alpha value is -2.17. The minimum absolute atomic E-state index is 0.250. The maximum Gasteiger partial charge on any atom is 0.294 e. The molecule has 0 spiro atoms. The lowest BCUT2D eigenvalue weighted by Gasteiger charge is -2.12. The molecule has 2 rings (SSSR count). The summed E-state index contributed by atoms with van der Waals surface area (Å²) in [5.41, 5.74) is 0.0665. The second-order valence-electron chi connectivity index (χ2n) is 6.66. The Morgan fingerprint density at radius 3 is 2.38 bits per heavy atom. The van der Waals surface area contributed by atoms with E-state index in [1.54, 1.807) is 6.07 Å². The van der Waals surface area contributed by atoms with Crippen molar-refractivity contribution in [2.75, 3.05) is 13.2 Å². The predicted molar refractivity (Wildman–Crippen MR) is 106 cm³/mol. The number of benzene rings is 1. The quantitative estimate of drug-likeness (QED) is 0.513. The average molecular weight is 361 g/mol. The van der Waals surface area contributed by atoms with Gasteiger partial charge in [-0.1, -0.05) is 52.4 Å². The number of pyridine rings is 1. The van der Waals surface area contributed by atoms with Crippen LogP contribution in [0.2, 0.25) is 0 Å². The van der Waals surface area contributed by atoms with Crippen molar-refractivity contribution < 1.29 is 14.6 Å². The molecule has 0 fully saturated rings. The molecule has 0 saturated carbocycles. The van der Waals surface area contributed by atoms with Crippen molar-refractivity contribution in [1.82, 2.24) is 4.98 Å². The van der Waals surface area contributed by atoms with Crippen molar-refractivity contribution in [2.24, 2.45) is 0 Å². The summed E-state index contributed by atoms with van der Waals surface area (Å²) in [5.74, 6) is 0.598. The SMILES string of the molecule is CCCCCCCCOc1ccc2c(OCCCC)c(O)c(=O)[nH]c2c1. The minimum Gasteiger partial charge on any atom is -0.500 e. The highest BCUT2D eigenvalue weighted by Gasteiger charge is 2.13. The number of hydrogen-bond donors (Lipinski definition) is 2. The summed E-state index contributed by atoms with van der Waals surface area (Å²) < 4.78 is 11.4. The first-order valence-corrected chi connectivity index (χ1v) is 9.82. The second-order valence-corrected chi connectivity index (χ2v) is 6.66. The van der Waals surface area contributed by atoms with E-state index in [0.29, 0.717) is 29.9 Å². The zero-order chi connectivity index (χ0) is 18.8. The highest BCUT2D eigenvalue weighted by atomic mass is 16.5. The molecule has 1 aromatic heterocycles. The molecule has 1 aromatic carbocycles. The van der Waals surface area contributed by atoms with Gasteiger partial charge >= 0.3 is 0 Å². The first-order chi connectivity index (χ1) is 12.7. The van der Waals surface area contributed by atoms with E-state index in [4.69, 9.17) is 9.47 Å². The lowest BCUT2D eigenvalue weighted by atomic mass is 10.1. The van der Waals surface area contributed by atoms with E-state index in [2.05, 4.69) is 18.8 Å². The Morgan fingerprint density at radius 2 is 1.62 bits per heavy atom. The molecular weight excluding hydrogens is 330 g/mol. The summed E-state index contributed by atoms with van der Waals surface area (Å²) in [7, 11) is 0. The topological polar surface area (TPSA) is 71.5 Å². The molecule has 26 heavy (non-hydrogen) atoms. The molecule has 0 aliphatic carbocycles. The molecular formula is C21H31NO4. The van der Waals surface area contributed by atoms with Gasteiger partial charge in [-0.05, 0) is 25.0 Å². The minimum atomic E-state index is -0.544. The van der Waals surface area contributed by atoms with Gasteiger partial charge in [-0.3, -0.25) is 4.79 Å². The van der Waals surface area contributed by atoms with E-state index in [9.17, 15) is 9.90 Å². The molecule has 2 N–H and O–H groups in total. The second kappa shape index (κ2) is 10.7. The van der Waals surface area contributed by atoms with Gasteiger partial charge in [0.05, 0.1) is 18.7 Å². The van der Waals surface area contributed by atoms with Crippen molar-refractivity contribution in [3.8, 4) is 17.2 Å². The molecule has 0 bridgehead atoms. The van der Waals surface area contributed by atoms with Crippen LogP contribution in [0.25, 0.3) is 10.9 Å². The van der Waals surface area contributed by atoms with Crippen LogP contribution in [0.5, 0.6) is 17.2 Å². The number of fused-ring (bicyclic) bond motifs is 1. The van der Waals surface area contributed by atoms with Crippen molar-refractivity contribution in [3.63, 3.8) is 0 Å². The summed E-state index contributed by atoms with van der Waals surface area (Å²) in [6, 6.07) is 5.46. The molecule has 0 atom stereocenters. The Labute approximate surface area is 155 Å². The molecule has 0 saturated heterocycles. The average Bonchev–Trinajstić information content (AvgIpc) is 2.64. The van der Waals surface area contributed by atoms with E-state index in [-0.39, 0.29) is 11.5 Å². The first-order valence-electron chi connectivity index (χ1n) is 9.82. The summed E-state index contributed by atoms with van der Waals surface area (Å²) in [5, 5.41) is 10.7. The lowest BCUT2D eigenvalue weighted by Crippen LogP contribution is -2.09. The molecule has 144 valence electrons. The number of unbranched alkanes of at least 4 members (excludes halogenated alkanes) is 6. The van der Waals surface area contributed by atoms with Gasteiger partial charge in [-0.25, -0.2) is 0 Å².